The normalized spacial score (nSPS) is 21.4. The van der Waals surface area contributed by atoms with Crippen molar-refractivity contribution in [1.29, 1.82) is 0 Å². The first-order valence-corrected chi connectivity index (χ1v) is 8.05. The van der Waals surface area contributed by atoms with Crippen LogP contribution < -0.4 is 4.90 Å². The molecule has 1 aliphatic rings. The topological polar surface area (TPSA) is 32.3 Å². The molecule has 0 radical (unpaired) electrons. The van der Waals surface area contributed by atoms with Crippen molar-refractivity contribution in [2.45, 2.75) is 32.7 Å². The summed E-state index contributed by atoms with van der Waals surface area (Å²) in [4.78, 5) is 4.74. The third kappa shape index (κ3) is 2.45. The molecule has 3 rings (SSSR count). The second-order valence-corrected chi connectivity index (χ2v) is 7.10. The lowest BCUT2D eigenvalue weighted by Gasteiger charge is -2.35. The van der Waals surface area contributed by atoms with Crippen LogP contribution in [0.1, 0.15) is 26.0 Å². The molecule has 0 unspecified atom stereocenters. The van der Waals surface area contributed by atoms with Crippen LogP contribution in [0.4, 0.5) is 5.82 Å². The lowest BCUT2D eigenvalue weighted by atomic mass is 9.88. The van der Waals surface area contributed by atoms with Gasteiger partial charge in [-0.2, -0.15) is 5.10 Å². The van der Waals surface area contributed by atoms with E-state index in [0.717, 1.165) is 18.1 Å². The maximum Gasteiger partial charge on any atom is 0.158 e. The predicted octanol–water partition coefficient (Wildman–Crippen LogP) is 3.10. The highest BCUT2D eigenvalue weighted by atomic mass is 15.3. The van der Waals surface area contributed by atoms with E-state index in [4.69, 9.17) is 0 Å². The Morgan fingerprint density at radius 2 is 1.91 bits per heavy atom. The Morgan fingerprint density at radius 1 is 1.23 bits per heavy atom. The molecule has 2 heterocycles. The Kier molecular flexibility index (Phi) is 3.81. The largest absolute Gasteiger partial charge is 0.357 e. The van der Waals surface area contributed by atoms with Crippen LogP contribution in [0.5, 0.6) is 0 Å². The molecule has 118 valence electrons. The maximum absolute atomic E-state index is 4.48. The second kappa shape index (κ2) is 5.51. The van der Waals surface area contributed by atoms with Gasteiger partial charge in [-0.05, 0) is 46.7 Å². The zero-order valence-electron chi connectivity index (χ0n) is 14.3. The first-order chi connectivity index (χ1) is 10.4. The minimum absolute atomic E-state index is 0.238. The van der Waals surface area contributed by atoms with Gasteiger partial charge in [0.1, 0.15) is 0 Å². The third-order valence-electron chi connectivity index (χ3n) is 5.50. The SMILES string of the molecule is Cc1nnc(N(C)C[C@H]2CCN(C)C2(C)C)c2ccccc12. The second-order valence-electron chi connectivity index (χ2n) is 7.10. The average molecular weight is 298 g/mol. The van der Waals surface area contributed by atoms with E-state index in [9.17, 15) is 0 Å². The Labute approximate surface area is 133 Å². The summed E-state index contributed by atoms with van der Waals surface area (Å²) in [5.41, 5.74) is 1.23. The van der Waals surface area contributed by atoms with Gasteiger partial charge in [-0.3, -0.25) is 0 Å². The Morgan fingerprint density at radius 3 is 2.55 bits per heavy atom. The minimum Gasteiger partial charge on any atom is -0.357 e. The van der Waals surface area contributed by atoms with Crippen LogP contribution >= 0.6 is 0 Å². The van der Waals surface area contributed by atoms with E-state index in [-0.39, 0.29) is 5.54 Å². The molecule has 0 N–H and O–H groups in total. The average Bonchev–Trinajstić information content (AvgIpc) is 2.74. The number of anilines is 1. The molecule has 0 bridgehead atoms. The van der Waals surface area contributed by atoms with Crippen LogP contribution in [0.3, 0.4) is 0 Å². The van der Waals surface area contributed by atoms with Crippen molar-refractivity contribution in [1.82, 2.24) is 15.1 Å². The van der Waals surface area contributed by atoms with Gasteiger partial charge in [0.25, 0.3) is 0 Å². The van der Waals surface area contributed by atoms with Crippen molar-refractivity contribution in [3.8, 4) is 0 Å². The fraction of sp³-hybridized carbons (Fsp3) is 0.556. The zero-order chi connectivity index (χ0) is 15.9. The van der Waals surface area contributed by atoms with Crippen LogP contribution in [-0.4, -0.2) is 47.8 Å². The van der Waals surface area contributed by atoms with Gasteiger partial charge in [0.2, 0.25) is 0 Å². The zero-order valence-corrected chi connectivity index (χ0v) is 14.3. The lowest BCUT2D eigenvalue weighted by Crippen LogP contribution is -2.43. The molecular weight excluding hydrogens is 272 g/mol. The summed E-state index contributed by atoms with van der Waals surface area (Å²) in [6.45, 7) is 8.90. The van der Waals surface area contributed by atoms with Gasteiger partial charge in [-0.25, -0.2) is 0 Å². The van der Waals surface area contributed by atoms with E-state index in [1.165, 1.54) is 23.7 Å². The molecular formula is C18H26N4. The van der Waals surface area contributed by atoms with Gasteiger partial charge in [0.05, 0.1) is 5.69 Å². The number of fused-ring (bicyclic) bond motifs is 1. The minimum atomic E-state index is 0.238. The van der Waals surface area contributed by atoms with Gasteiger partial charge < -0.3 is 9.80 Å². The number of aromatic nitrogens is 2. The molecule has 1 atom stereocenters. The molecule has 2 aromatic rings. The fourth-order valence-electron chi connectivity index (χ4n) is 3.54. The summed E-state index contributed by atoms with van der Waals surface area (Å²) >= 11 is 0. The summed E-state index contributed by atoms with van der Waals surface area (Å²) in [6, 6.07) is 8.42. The third-order valence-corrected chi connectivity index (χ3v) is 5.50. The molecule has 1 saturated heterocycles. The van der Waals surface area contributed by atoms with Crippen molar-refractivity contribution in [3.05, 3.63) is 30.0 Å². The molecule has 1 aromatic heterocycles. The maximum atomic E-state index is 4.48. The Hall–Kier alpha value is -1.68. The number of rotatable bonds is 3. The van der Waals surface area contributed by atoms with E-state index in [1.54, 1.807) is 0 Å². The number of nitrogens with zero attached hydrogens (tertiary/aromatic N) is 4. The Balaban J connectivity index is 1.90. The molecule has 22 heavy (non-hydrogen) atoms. The van der Waals surface area contributed by atoms with E-state index < -0.39 is 0 Å². The molecule has 0 spiro atoms. The first kappa shape index (κ1) is 15.2. The molecule has 1 fully saturated rings. The smallest absolute Gasteiger partial charge is 0.158 e. The van der Waals surface area contributed by atoms with Crippen LogP contribution in [-0.2, 0) is 0 Å². The highest BCUT2D eigenvalue weighted by Crippen LogP contribution is 2.35. The molecule has 0 aliphatic carbocycles. The number of aryl methyl sites for hydroxylation is 1. The van der Waals surface area contributed by atoms with E-state index in [0.29, 0.717) is 5.92 Å². The lowest BCUT2D eigenvalue weighted by molar-refractivity contribution is 0.174. The summed E-state index contributed by atoms with van der Waals surface area (Å²) < 4.78 is 0. The van der Waals surface area contributed by atoms with Crippen molar-refractivity contribution in [3.63, 3.8) is 0 Å². The van der Waals surface area contributed by atoms with Crippen LogP contribution in [0.15, 0.2) is 24.3 Å². The molecule has 4 heteroatoms. The fourth-order valence-corrected chi connectivity index (χ4v) is 3.54. The van der Waals surface area contributed by atoms with E-state index >= 15 is 0 Å². The number of hydrogen-bond donors (Lipinski definition) is 0. The van der Waals surface area contributed by atoms with Crippen LogP contribution in [0.2, 0.25) is 0 Å². The standard InChI is InChI=1S/C18H26N4/c1-13-15-8-6-7-9-16(15)17(20-19-13)21(4)12-14-10-11-22(5)18(14,2)3/h6-9,14H,10-12H2,1-5H3/t14-/m1/s1. The van der Waals surface area contributed by atoms with E-state index in [1.807, 2.05) is 6.92 Å². The number of hydrogen-bond acceptors (Lipinski definition) is 4. The summed E-state index contributed by atoms with van der Waals surface area (Å²) in [5.74, 6) is 1.64. The quantitative estimate of drug-likeness (QED) is 0.871. The highest BCUT2D eigenvalue weighted by molar-refractivity contribution is 5.93. The molecule has 4 nitrogen and oxygen atoms in total. The van der Waals surface area contributed by atoms with Crippen LogP contribution in [0.25, 0.3) is 10.8 Å². The Bertz CT molecular complexity index is 680. The highest BCUT2D eigenvalue weighted by Gasteiger charge is 2.39. The van der Waals surface area contributed by atoms with Gasteiger partial charge in [0.15, 0.2) is 5.82 Å². The van der Waals surface area contributed by atoms with Gasteiger partial charge in [0, 0.05) is 29.9 Å². The predicted molar refractivity (Wildman–Crippen MR) is 92.4 cm³/mol. The summed E-state index contributed by atoms with van der Waals surface area (Å²) in [7, 11) is 4.36. The van der Waals surface area contributed by atoms with Gasteiger partial charge in [-0.1, -0.05) is 24.3 Å². The van der Waals surface area contributed by atoms with Gasteiger partial charge >= 0.3 is 0 Å². The van der Waals surface area contributed by atoms with Crippen molar-refractivity contribution in [2.24, 2.45) is 5.92 Å². The van der Waals surface area contributed by atoms with Crippen LogP contribution in [0, 0.1) is 12.8 Å². The number of benzene rings is 1. The molecule has 0 saturated carbocycles. The van der Waals surface area contributed by atoms with Crippen molar-refractivity contribution < 1.29 is 0 Å². The monoisotopic (exact) mass is 298 g/mol. The van der Waals surface area contributed by atoms with E-state index in [2.05, 4.69) is 72.2 Å². The molecule has 1 aliphatic heterocycles. The first-order valence-electron chi connectivity index (χ1n) is 8.05. The summed E-state index contributed by atoms with van der Waals surface area (Å²) in [5, 5.41) is 11.2. The molecule has 1 aromatic carbocycles. The van der Waals surface area contributed by atoms with Crippen molar-refractivity contribution >= 4 is 16.6 Å². The van der Waals surface area contributed by atoms with Gasteiger partial charge in [-0.15, -0.1) is 5.10 Å². The summed E-state index contributed by atoms with van der Waals surface area (Å²) in [6.07, 6.45) is 1.24. The van der Waals surface area contributed by atoms with Crippen molar-refractivity contribution in [2.75, 3.05) is 32.1 Å². The molecule has 0 amide bonds. The number of likely N-dealkylation sites (tertiary alicyclic amines) is 1.